The molecule has 0 spiro atoms. The molecule has 71 heavy (non-hydrogen) atoms. The average Bonchev–Trinajstić information content (AvgIpc) is 3.29. The van der Waals surface area contributed by atoms with Gasteiger partial charge in [0.25, 0.3) is 0 Å². The minimum atomic E-state index is -1.73. The molecule has 0 saturated heterocycles. The largest absolute Gasteiger partial charge is 0.508 e. The number of carbonyl (C=O) groups is 9. The van der Waals surface area contributed by atoms with Gasteiger partial charge in [0.15, 0.2) is 0 Å². The molecule has 0 aromatic heterocycles. The fourth-order valence-corrected chi connectivity index (χ4v) is 7.20. The number of hydrogen-bond acceptors (Lipinski definition) is 16. The molecule has 0 heterocycles. The summed E-state index contributed by atoms with van der Waals surface area (Å²) in [5.74, 6) is -9.57. The summed E-state index contributed by atoms with van der Waals surface area (Å²) in [6, 6.07) is -6.53. The molecule has 11 atom stereocenters. The lowest BCUT2D eigenvalue weighted by Crippen LogP contribution is -2.63. The lowest BCUT2D eigenvalue weighted by Gasteiger charge is -2.30. The van der Waals surface area contributed by atoms with Crippen LogP contribution in [-0.4, -0.2) is 159 Å². The van der Waals surface area contributed by atoms with E-state index in [-0.39, 0.29) is 37.5 Å². The van der Waals surface area contributed by atoms with Gasteiger partial charge in [0, 0.05) is 12.2 Å². The van der Waals surface area contributed by atoms with Crippen molar-refractivity contribution in [1.82, 2.24) is 42.5 Å². The summed E-state index contributed by atoms with van der Waals surface area (Å²) in [4.78, 5) is 120. The number of aliphatic hydroxyl groups excluding tert-OH is 2. The molecule has 1 aromatic carbocycles. The van der Waals surface area contributed by atoms with Crippen molar-refractivity contribution in [3.63, 3.8) is 0 Å². The van der Waals surface area contributed by atoms with E-state index in [0.717, 1.165) is 0 Å². The van der Waals surface area contributed by atoms with E-state index in [0.29, 0.717) is 44.2 Å². The van der Waals surface area contributed by atoms with Crippen LogP contribution in [0.2, 0.25) is 0 Å². The molecular weight excluding hydrogens is 947 g/mol. The second kappa shape index (κ2) is 32.4. The van der Waals surface area contributed by atoms with Gasteiger partial charge in [-0.25, -0.2) is 4.79 Å². The van der Waals surface area contributed by atoms with Crippen molar-refractivity contribution in [3.05, 3.63) is 29.8 Å². The SMILES string of the molecule is CC(C)C[C@H](NC(=O)[C@@H](NC(=O)[C@@H](NC(=O)[C@H](CS)NC(=O)[C@@H](NC(=O)[C@H](CCCCN)NC(=O)[C@H](C)NC(=O)[C@@H](N)CCCCN)[C@@H](C)O)[C@@H](C)O)C(C)C)C(=O)N[C@@H](Cc1ccc(O)cc1)C(=O)O. The first kappa shape index (κ1) is 63.4. The smallest absolute Gasteiger partial charge is 0.326 e. The second-order valence-electron chi connectivity index (χ2n) is 18.4. The molecule has 25 heteroatoms. The van der Waals surface area contributed by atoms with Crippen molar-refractivity contribution in [2.75, 3.05) is 18.8 Å². The summed E-state index contributed by atoms with van der Waals surface area (Å²) >= 11 is 4.16. The molecular formula is C46H79N11O13S. The van der Waals surface area contributed by atoms with Crippen LogP contribution in [0.25, 0.3) is 0 Å². The van der Waals surface area contributed by atoms with Crippen LogP contribution in [0, 0.1) is 11.8 Å². The predicted molar refractivity (Wildman–Crippen MR) is 266 cm³/mol. The van der Waals surface area contributed by atoms with E-state index in [9.17, 15) is 63.6 Å². The van der Waals surface area contributed by atoms with E-state index in [2.05, 4.69) is 55.2 Å². The Morgan fingerprint density at radius 2 is 0.972 bits per heavy atom. The Morgan fingerprint density at radius 1 is 0.535 bits per heavy atom. The summed E-state index contributed by atoms with van der Waals surface area (Å²) in [5, 5.41) is 60.5. The number of nitrogens with two attached hydrogens (primary N) is 3. The lowest BCUT2D eigenvalue weighted by molar-refractivity contribution is -0.142. The molecule has 0 bridgehead atoms. The molecule has 8 amide bonds. The number of carboxylic acid groups (broad SMARTS) is 1. The first-order valence-corrected chi connectivity index (χ1v) is 24.5. The molecule has 0 radical (unpaired) electrons. The zero-order valence-electron chi connectivity index (χ0n) is 41.7. The number of hydrogen-bond donors (Lipinski definition) is 16. The molecule has 0 saturated carbocycles. The van der Waals surface area contributed by atoms with Crippen molar-refractivity contribution < 1.29 is 63.6 Å². The van der Waals surface area contributed by atoms with E-state index in [1.807, 2.05) is 0 Å². The fourth-order valence-electron chi connectivity index (χ4n) is 6.94. The summed E-state index contributed by atoms with van der Waals surface area (Å²) in [5.41, 5.74) is 17.6. The highest BCUT2D eigenvalue weighted by Crippen LogP contribution is 2.14. The van der Waals surface area contributed by atoms with Crippen LogP contribution in [0.3, 0.4) is 0 Å². The first-order valence-electron chi connectivity index (χ1n) is 23.8. The van der Waals surface area contributed by atoms with Crippen LogP contribution in [0.5, 0.6) is 5.75 Å². The van der Waals surface area contributed by atoms with Crippen LogP contribution < -0.4 is 59.7 Å². The number of rotatable bonds is 33. The van der Waals surface area contributed by atoms with Crippen molar-refractivity contribution in [2.24, 2.45) is 29.0 Å². The molecule has 24 nitrogen and oxygen atoms in total. The number of phenols is 1. The Hall–Kier alpha value is -5.60. The van der Waals surface area contributed by atoms with Gasteiger partial charge in [0.2, 0.25) is 47.3 Å². The Kier molecular flexibility index (Phi) is 28.9. The average molecular weight is 1030 g/mol. The van der Waals surface area contributed by atoms with Gasteiger partial charge in [0.1, 0.15) is 54.1 Å². The van der Waals surface area contributed by atoms with E-state index in [1.165, 1.54) is 45.0 Å². The lowest BCUT2D eigenvalue weighted by atomic mass is 9.98. The van der Waals surface area contributed by atoms with Crippen LogP contribution >= 0.6 is 12.6 Å². The van der Waals surface area contributed by atoms with Crippen LogP contribution in [0.15, 0.2) is 24.3 Å². The molecule has 0 aliphatic rings. The number of thiol groups is 1. The van der Waals surface area contributed by atoms with Gasteiger partial charge < -0.3 is 80.2 Å². The van der Waals surface area contributed by atoms with Gasteiger partial charge in [-0.15, -0.1) is 0 Å². The van der Waals surface area contributed by atoms with E-state index >= 15 is 0 Å². The molecule has 0 unspecified atom stereocenters. The number of nitrogens with one attached hydrogen (secondary N) is 8. The van der Waals surface area contributed by atoms with Crippen molar-refractivity contribution in [1.29, 1.82) is 0 Å². The van der Waals surface area contributed by atoms with E-state index < -0.39 is 131 Å². The van der Waals surface area contributed by atoms with Crippen molar-refractivity contribution >= 4 is 65.9 Å². The van der Waals surface area contributed by atoms with Gasteiger partial charge in [-0.2, -0.15) is 12.6 Å². The predicted octanol–water partition coefficient (Wildman–Crippen LogP) is -3.10. The van der Waals surface area contributed by atoms with Gasteiger partial charge >= 0.3 is 5.97 Å². The molecule has 18 N–H and O–H groups in total. The number of aliphatic hydroxyl groups is 2. The summed E-state index contributed by atoms with van der Waals surface area (Å²) in [7, 11) is 0. The number of carboxylic acids is 1. The number of aliphatic carboxylic acids is 1. The third-order valence-electron chi connectivity index (χ3n) is 11.2. The Balaban J connectivity index is 3.17. The van der Waals surface area contributed by atoms with E-state index in [4.69, 9.17) is 17.2 Å². The first-order chi connectivity index (χ1) is 33.3. The highest BCUT2D eigenvalue weighted by atomic mass is 32.1. The maximum atomic E-state index is 13.8. The monoisotopic (exact) mass is 1030 g/mol. The normalized spacial score (nSPS) is 16.0. The van der Waals surface area contributed by atoms with Crippen molar-refractivity contribution in [3.8, 4) is 5.75 Å². The van der Waals surface area contributed by atoms with Gasteiger partial charge in [0.05, 0.1) is 18.2 Å². The fraction of sp³-hybridized carbons (Fsp3) is 0.674. The summed E-state index contributed by atoms with van der Waals surface area (Å²) in [6.07, 6.45) is -0.720. The quantitative estimate of drug-likeness (QED) is 0.0245. The number of unbranched alkanes of at least 4 members (excludes halogenated alkanes) is 2. The second-order valence-corrected chi connectivity index (χ2v) is 18.7. The summed E-state index contributed by atoms with van der Waals surface area (Å²) in [6.45, 7) is 11.2. The number of carbonyl (C=O) groups excluding carboxylic acids is 8. The van der Waals surface area contributed by atoms with Crippen LogP contribution in [0.1, 0.15) is 99.0 Å². The number of phenolic OH excluding ortho intramolecular Hbond substituents is 1. The third kappa shape index (κ3) is 23.0. The van der Waals surface area contributed by atoms with Gasteiger partial charge in [-0.05, 0) is 102 Å². The highest BCUT2D eigenvalue weighted by molar-refractivity contribution is 7.80. The topological polar surface area (TPSA) is 409 Å². The third-order valence-corrected chi connectivity index (χ3v) is 11.5. The molecule has 0 aliphatic carbocycles. The standard InChI is InChI=1S/C46H79N11O13S/c1-23(2)20-32(41(64)53-33(46(69)70)21-28-14-16-29(60)17-15-28)52-43(66)35(24(3)4)55-45(68)37(27(7)59)57-42(65)34(22-71)54-44(67)36(26(6)58)56-40(63)31(13-9-11-19-48)51-38(61)25(5)50-39(62)30(49)12-8-10-18-47/h14-17,23-27,30-37,58-60,71H,8-13,18-22,47-49H2,1-7H3,(H,50,62)(H,51,61)(H,52,66)(H,53,64)(H,54,67)(H,55,68)(H,56,63)(H,57,65)(H,69,70)/t25-,26+,27+,30-,31-,32-,33-,34-,35-,36-,37-/m0/s1. The number of amides is 8. The molecule has 1 rings (SSSR count). The highest BCUT2D eigenvalue weighted by Gasteiger charge is 2.37. The minimum absolute atomic E-state index is 0.0330. The van der Waals surface area contributed by atoms with Gasteiger partial charge in [-0.1, -0.05) is 46.2 Å². The maximum absolute atomic E-state index is 13.8. The van der Waals surface area contributed by atoms with Crippen LogP contribution in [0.4, 0.5) is 0 Å². The minimum Gasteiger partial charge on any atom is -0.508 e. The molecule has 0 aliphatic heterocycles. The van der Waals surface area contributed by atoms with Crippen molar-refractivity contribution in [2.45, 2.75) is 166 Å². The molecule has 402 valence electrons. The Morgan fingerprint density at radius 3 is 1.45 bits per heavy atom. The van der Waals surface area contributed by atoms with Crippen LogP contribution in [-0.2, 0) is 49.6 Å². The molecule has 1 aromatic rings. The number of aromatic hydroxyl groups is 1. The van der Waals surface area contributed by atoms with E-state index in [1.54, 1.807) is 27.7 Å². The molecule has 0 fully saturated rings. The Bertz CT molecular complexity index is 1910. The Labute approximate surface area is 420 Å². The summed E-state index contributed by atoms with van der Waals surface area (Å²) < 4.78 is 0. The number of benzene rings is 1. The van der Waals surface area contributed by atoms with Gasteiger partial charge in [-0.3, -0.25) is 38.4 Å². The maximum Gasteiger partial charge on any atom is 0.326 e. The zero-order chi connectivity index (χ0) is 54.1. The zero-order valence-corrected chi connectivity index (χ0v) is 42.6.